The molecule has 1 unspecified atom stereocenters. The standard InChI is InChI=1S/C19H21NO2/c1-14-4-6-16(7-5-14)19(2)18-9-8-17(22-3)12-15(18)10-11-20(19)13-21/h4-9,12-13H,10-11H2,1-3H3. The predicted octanol–water partition coefficient (Wildman–Crippen LogP) is 3.28. The quantitative estimate of drug-likeness (QED) is 0.813. The van der Waals surface area contributed by atoms with Gasteiger partial charge in [-0.2, -0.15) is 0 Å². The minimum Gasteiger partial charge on any atom is -0.497 e. The average molecular weight is 295 g/mol. The van der Waals surface area contributed by atoms with E-state index in [0.29, 0.717) is 6.54 Å². The zero-order chi connectivity index (χ0) is 15.7. The highest BCUT2D eigenvalue weighted by Gasteiger charge is 2.39. The fourth-order valence-corrected chi connectivity index (χ4v) is 3.36. The Kier molecular flexibility index (Phi) is 3.65. The van der Waals surface area contributed by atoms with E-state index in [1.807, 2.05) is 11.0 Å². The van der Waals surface area contributed by atoms with Crippen molar-refractivity contribution < 1.29 is 9.53 Å². The van der Waals surface area contributed by atoms with Crippen molar-refractivity contribution >= 4 is 6.41 Å². The fraction of sp³-hybridized carbons (Fsp3) is 0.316. The number of hydrogen-bond donors (Lipinski definition) is 0. The smallest absolute Gasteiger partial charge is 0.210 e. The van der Waals surface area contributed by atoms with Gasteiger partial charge in [0.2, 0.25) is 6.41 Å². The largest absolute Gasteiger partial charge is 0.497 e. The highest BCUT2D eigenvalue weighted by molar-refractivity contribution is 5.58. The van der Waals surface area contributed by atoms with Crippen molar-refractivity contribution in [2.45, 2.75) is 25.8 Å². The minimum absolute atomic E-state index is 0.435. The van der Waals surface area contributed by atoms with Crippen LogP contribution in [0.4, 0.5) is 0 Å². The molecule has 1 amide bonds. The lowest BCUT2D eigenvalue weighted by Gasteiger charge is -2.44. The topological polar surface area (TPSA) is 29.5 Å². The number of rotatable bonds is 3. The summed E-state index contributed by atoms with van der Waals surface area (Å²) in [5, 5.41) is 0. The first-order valence-corrected chi connectivity index (χ1v) is 7.56. The monoisotopic (exact) mass is 295 g/mol. The van der Waals surface area contributed by atoms with Gasteiger partial charge in [-0.1, -0.05) is 35.9 Å². The Morgan fingerprint density at radius 3 is 2.55 bits per heavy atom. The first-order valence-electron chi connectivity index (χ1n) is 7.56. The molecule has 22 heavy (non-hydrogen) atoms. The van der Waals surface area contributed by atoms with Crippen LogP contribution >= 0.6 is 0 Å². The lowest BCUT2D eigenvalue weighted by atomic mass is 9.77. The van der Waals surface area contributed by atoms with Gasteiger partial charge in [-0.3, -0.25) is 4.79 Å². The second-order valence-corrected chi connectivity index (χ2v) is 6.01. The highest BCUT2D eigenvalue weighted by atomic mass is 16.5. The van der Waals surface area contributed by atoms with Gasteiger partial charge in [0.15, 0.2) is 0 Å². The van der Waals surface area contributed by atoms with Crippen molar-refractivity contribution in [3.05, 3.63) is 64.7 Å². The number of fused-ring (bicyclic) bond motifs is 1. The third kappa shape index (κ3) is 2.17. The van der Waals surface area contributed by atoms with E-state index in [1.165, 1.54) is 16.7 Å². The van der Waals surface area contributed by atoms with E-state index in [2.05, 4.69) is 50.2 Å². The van der Waals surface area contributed by atoms with Crippen molar-refractivity contribution in [3.8, 4) is 5.75 Å². The molecule has 3 nitrogen and oxygen atoms in total. The molecular weight excluding hydrogens is 274 g/mol. The van der Waals surface area contributed by atoms with Crippen LogP contribution in [0.5, 0.6) is 5.75 Å². The van der Waals surface area contributed by atoms with Gasteiger partial charge in [-0.25, -0.2) is 0 Å². The number of aryl methyl sites for hydroxylation is 1. The molecule has 1 aliphatic rings. The number of benzene rings is 2. The highest BCUT2D eigenvalue weighted by Crippen LogP contribution is 2.41. The number of nitrogens with zero attached hydrogens (tertiary/aromatic N) is 1. The number of ether oxygens (including phenoxy) is 1. The van der Waals surface area contributed by atoms with Crippen molar-refractivity contribution in [1.82, 2.24) is 4.90 Å². The number of carbonyl (C=O) groups is 1. The van der Waals surface area contributed by atoms with Crippen LogP contribution in [-0.2, 0) is 16.8 Å². The van der Waals surface area contributed by atoms with Crippen molar-refractivity contribution in [2.75, 3.05) is 13.7 Å². The Labute approximate surface area is 131 Å². The predicted molar refractivity (Wildman–Crippen MR) is 87.1 cm³/mol. The lowest BCUT2D eigenvalue weighted by Crippen LogP contribution is -2.48. The first kappa shape index (κ1) is 14.6. The maximum atomic E-state index is 11.6. The maximum Gasteiger partial charge on any atom is 0.210 e. The van der Waals surface area contributed by atoms with Crippen LogP contribution in [0.3, 0.4) is 0 Å². The van der Waals surface area contributed by atoms with Gasteiger partial charge in [0, 0.05) is 6.54 Å². The fourth-order valence-electron chi connectivity index (χ4n) is 3.36. The van der Waals surface area contributed by atoms with E-state index in [0.717, 1.165) is 24.1 Å². The summed E-state index contributed by atoms with van der Waals surface area (Å²) < 4.78 is 5.34. The zero-order valence-corrected chi connectivity index (χ0v) is 13.3. The lowest BCUT2D eigenvalue weighted by molar-refractivity contribution is -0.122. The molecule has 0 fully saturated rings. The summed E-state index contributed by atoms with van der Waals surface area (Å²) in [6.45, 7) is 4.91. The van der Waals surface area contributed by atoms with Crippen LogP contribution in [0, 0.1) is 6.92 Å². The summed E-state index contributed by atoms with van der Waals surface area (Å²) in [5.74, 6) is 0.865. The van der Waals surface area contributed by atoms with Gasteiger partial charge in [0.05, 0.1) is 12.6 Å². The Bertz CT molecular complexity index is 693. The van der Waals surface area contributed by atoms with Crippen LogP contribution in [0.25, 0.3) is 0 Å². The molecule has 1 heterocycles. The summed E-state index contributed by atoms with van der Waals surface area (Å²) in [4.78, 5) is 13.5. The number of methoxy groups -OCH3 is 1. The molecule has 0 aromatic heterocycles. The van der Waals surface area contributed by atoms with Crippen molar-refractivity contribution in [1.29, 1.82) is 0 Å². The Balaban J connectivity index is 2.18. The second-order valence-electron chi connectivity index (χ2n) is 6.01. The molecular formula is C19H21NO2. The van der Waals surface area contributed by atoms with E-state index in [1.54, 1.807) is 7.11 Å². The molecule has 0 aliphatic carbocycles. The molecule has 114 valence electrons. The second kappa shape index (κ2) is 5.48. The molecule has 0 bridgehead atoms. The third-order valence-corrected chi connectivity index (χ3v) is 4.77. The third-order valence-electron chi connectivity index (χ3n) is 4.77. The summed E-state index contributed by atoms with van der Waals surface area (Å²) in [7, 11) is 1.68. The van der Waals surface area contributed by atoms with Crippen molar-refractivity contribution in [2.24, 2.45) is 0 Å². The minimum atomic E-state index is -0.435. The summed E-state index contributed by atoms with van der Waals surface area (Å²) >= 11 is 0. The van der Waals surface area contributed by atoms with Crippen LogP contribution in [0.2, 0.25) is 0 Å². The van der Waals surface area contributed by atoms with Crippen LogP contribution in [0.15, 0.2) is 42.5 Å². The van der Waals surface area contributed by atoms with Crippen molar-refractivity contribution in [3.63, 3.8) is 0 Å². The van der Waals surface area contributed by atoms with E-state index < -0.39 is 5.54 Å². The molecule has 2 aromatic carbocycles. The molecule has 0 saturated heterocycles. The molecule has 2 aromatic rings. The molecule has 1 atom stereocenters. The molecule has 1 aliphatic heterocycles. The Morgan fingerprint density at radius 2 is 1.91 bits per heavy atom. The maximum absolute atomic E-state index is 11.6. The molecule has 3 rings (SSSR count). The van der Waals surface area contributed by atoms with Gasteiger partial charge in [0.1, 0.15) is 5.75 Å². The number of hydrogen-bond acceptors (Lipinski definition) is 2. The summed E-state index contributed by atoms with van der Waals surface area (Å²) in [5.41, 5.74) is 4.35. The van der Waals surface area contributed by atoms with Crippen LogP contribution in [-0.4, -0.2) is 25.0 Å². The molecule has 0 radical (unpaired) electrons. The molecule has 3 heteroatoms. The van der Waals surface area contributed by atoms with Gasteiger partial charge in [-0.15, -0.1) is 0 Å². The average Bonchev–Trinajstić information content (AvgIpc) is 2.55. The Hall–Kier alpha value is -2.29. The van der Waals surface area contributed by atoms with Gasteiger partial charge in [-0.05, 0) is 49.1 Å². The van der Waals surface area contributed by atoms with Crippen LogP contribution < -0.4 is 4.74 Å². The van der Waals surface area contributed by atoms with Gasteiger partial charge in [0.25, 0.3) is 0 Å². The number of carbonyl (C=O) groups excluding carboxylic acids is 1. The molecule has 0 spiro atoms. The summed E-state index contributed by atoms with van der Waals surface area (Å²) in [6, 6.07) is 14.6. The summed E-state index contributed by atoms with van der Waals surface area (Å²) in [6.07, 6.45) is 1.82. The first-order chi connectivity index (χ1) is 10.6. The van der Waals surface area contributed by atoms with E-state index in [4.69, 9.17) is 4.74 Å². The number of amides is 1. The van der Waals surface area contributed by atoms with E-state index in [-0.39, 0.29) is 0 Å². The SMILES string of the molecule is COc1ccc2c(c1)CCN(C=O)C2(C)c1ccc(C)cc1. The van der Waals surface area contributed by atoms with Crippen LogP contribution in [0.1, 0.15) is 29.2 Å². The zero-order valence-electron chi connectivity index (χ0n) is 13.3. The van der Waals surface area contributed by atoms with E-state index in [9.17, 15) is 4.79 Å². The van der Waals surface area contributed by atoms with E-state index >= 15 is 0 Å². The molecule has 0 N–H and O–H groups in total. The van der Waals surface area contributed by atoms with Gasteiger partial charge < -0.3 is 9.64 Å². The molecule has 0 saturated carbocycles. The Morgan fingerprint density at radius 1 is 1.18 bits per heavy atom. The van der Waals surface area contributed by atoms with Gasteiger partial charge >= 0.3 is 0 Å². The normalized spacial score (nSPS) is 20.4.